The number of rotatable bonds is 4. The van der Waals surface area contributed by atoms with Crippen LogP contribution in [0.3, 0.4) is 0 Å². The number of aromatic nitrogens is 2. The number of carbonyl (C=O) groups excluding carboxylic acids is 1. The molecule has 1 amide bonds. The molecule has 164 valence electrons. The summed E-state index contributed by atoms with van der Waals surface area (Å²) in [5, 5.41) is 10.9. The zero-order valence-electron chi connectivity index (χ0n) is 14.3. The van der Waals surface area contributed by atoms with Crippen LogP contribution in [-0.2, 0) is 20.8 Å². The largest absolute Gasteiger partial charge is 0.502 e. The Hall–Kier alpha value is -2.32. The lowest BCUT2D eigenvalue weighted by Crippen LogP contribution is -2.25. The summed E-state index contributed by atoms with van der Waals surface area (Å²) in [6.45, 7) is 0.821. The highest BCUT2D eigenvalue weighted by Crippen LogP contribution is 2.42. The molecular weight excluding hydrogens is 489 g/mol. The number of hydrogen-bond donors (Lipinski definition) is 2. The first-order valence-corrected chi connectivity index (χ1v) is 9.55. The normalized spacial score (nSPS) is 12.7. The van der Waals surface area contributed by atoms with E-state index < -0.39 is 65.1 Å². The predicted octanol–water partition coefficient (Wildman–Crippen LogP) is 4.45. The van der Waals surface area contributed by atoms with E-state index in [4.69, 9.17) is 28.6 Å². The molecule has 0 spiro atoms. The van der Waals surface area contributed by atoms with E-state index in [0.29, 0.717) is 16.8 Å². The predicted molar refractivity (Wildman–Crippen MR) is 94.0 cm³/mol. The van der Waals surface area contributed by atoms with Crippen LogP contribution >= 0.6 is 23.2 Å². The molecule has 0 fully saturated rings. The molecule has 0 aliphatic rings. The number of sulfone groups is 1. The lowest BCUT2D eigenvalue weighted by Gasteiger charge is -2.15. The molecule has 0 aliphatic heterocycles. The number of alkyl halides is 6. The Morgan fingerprint density at radius 3 is 2.03 bits per heavy atom. The average Bonchev–Trinajstić information content (AvgIpc) is 2.90. The maximum Gasteiger partial charge on any atom is 0.502 e. The van der Waals surface area contributed by atoms with Gasteiger partial charge in [0.2, 0.25) is 5.91 Å². The first-order chi connectivity index (χ1) is 13.5. The number of nitrogens with one attached hydrogen (secondary N) is 2. The summed E-state index contributed by atoms with van der Waals surface area (Å²) in [4.78, 5) is 9.87. The number of halogens is 8. The van der Waals surface area contributed by atoms with Crippen LogP contribution < -0.4 is 5.32 Å². The van der Waals surface area contributed by atoms with Gasteiger partial charge in [-0.25, -0.2) is 13.1 Å². The van der Waals surface area contributed by atoms with E-state index in [-0.39, 0.29) is 6.21 Å². The van der Waals surface area contributed by atoms with E-state index >= 15 is 0 Å². The molecule has 0 bridgehead atoms. The van der Waals surface area contributed by atoms with Gasteiger partial charge in [-0.05, 0) is 12.1 Å². The zero-order chi connectivity index (χ0) is 23.2. The number of carbonyl (C=O) groups is 1. The van der Waals surface area contributed by atoms with Crippen molar-refractivity contribution in [2.24, 2.45) is 0 Å². The summed E-state index contributed by atoms with van der Waals surface area (Å²) in [6, 6.07) is 0.758. The van der Waals surface area contributed by atoms with Gasteiger partial charge in [-0.2, -0.15) is 31.4 Å². The van der Waals surface area contributed by atoms with Gasteiger partial charge in [-0.3, -0.25) is 4.79 Å². The number of anilines is 1. The maximum absolute atomic E-state index is 13.1. The number of amides is 1. The highest BCUT2D eigenvalue weighted by molar-refractivity contribution is 7.92. The monoisotopic (exact) mass is 496 g/mol. The van der Waals surface area contributed by atoms with Crippen molar-refractivity contribution in [1.29, 1.82) is 5.41 Å². The summed E-state index contributed by atoms with van der Waals surface area (Å²) in [7, 11) is -6.16. The molecule has 2 rings (SSSR count). The molecular formula is C14H8Cl2F6N4O3S. The topological polar surface area (TPSA) is 105 Å². The van der Waals surface area contributed by atoms with Gasteiger partial charge < -0.3 is 10.7 Å². The SMILES string of the molecule is CC(=O)Nc1c(S(=O)(=O)C(F)(F)F)c(C=N)nn1-c1c(Cl)cc(C(F)(F)F)cc1Cl. The van der Waals surface area contributed by atoms with E-state index in [1.54, 1.807) is 0 Å². The molecule has 30 heavy (non-hydrogen) atoms. The van der Waals surface area contributed by atoms with Gasteiger partial charge in [-0.15, -0.1) is 0 Å². The second-order valence-electron chi connectivity index (χ2n) is 5.54. The number of hydrogen-bond acceptors (Lipinski definition) is 5. The smallest absolute Gasteiger partial charge is 0.310 e. The fourth-order valence-corrected chi connectivity index (χ4v) is 3.91. The lowest BCUT2D eigenvalue weighted by molar-refractivity contribution is -0.137. The van der Waals surface area contributed by atoms with Crippen LogP contribution in [0.15, 0.2) is 17.0 Å². The third kappa shape index (κ3) is 4.25. The van der Waals surface area contributed by atoms with Crippen molar-refractivity contribution in [3.8, 4) is 5.69 Å². The summed E-state index contributed by atoms with van der Waals surface area (Å²) >= 11 is 11.6. The van der Waals surface area contributed by atoms with Crippen molar-refractivity contribution in [3.63, 3.8) is 0 Å². The Labute approximate surface area is 174 Å². The van der Waals surface area contributed by atoms with Crippen molar-refractivity contribution in [3.05, 3.63) is 33.4 Å². The molecule has 2 N–H and O–H groups in total. The van der Waals surface area contributed by atoms with Crippen LogP contribution in [0.1, 0.15) is 18.2 Å². The van der Waals surface area contributed by atoms with Gasteiger partial charge in [0.15, 0.2) is 5.82 Å². The van der Waals surface area contributed by atoms with Crippen LogP contribution in [0.2, 0.25) is 10.0 Å². The van der Waals surface area contributed by atoms with E-state index in [1.807, 2.05) is 5.32 Å². The van der Waals surface area contributed by atoms with Crippen molar-refractivity contribution in [2.75, 3.05) is 5.32 Å². The minimum Gasteiger partial charge on any atom is -0.310 e. The van der Waals surface area contributed by atoms with Gasteiger partial charge in [0.05, 0.1) is 15.6 Å². The second-order valence-corrected chi connectivity index (χ2v) is 8.23. The standard InChI is InChI=1S/C14H8Cl2F6N4O3S/c1-5(27)24-12-11(30(28,29)14(20,21)22)9(4-23)25-26(12)10-7(15)2-6(3-8(10)16)13(17,18)19/h2-4,23H,1H3,(H,24,27). The molecule has 1 aromatic carbocycles. The lowest BCUT2D eigenvalue weighted by atomic mass is 10.2. The third-order valence-corrected chi connectivity index (χ3v) is 5.55. The zero-order valence-corrected chi connectivity index (χ0v) is 16.6. The number of nitrogens with zero attached hydrogens (tertiary/aromatic N) is 2. The fourth-order valence-electron chi connectivity index (χ4n) is 2.27. The number of benzene rings is 1. The molecule has 0 atom stereocenters. The van der Waals surface area contributed by atoms with E-state index in [9.17, 15) is 39.6 Å². The molecule has 0 unspecified atom stereocenters. The minimum absolute atomic E-state index is 0.145. The minimum atomic E-state index is -6.16. The van der Waals surface area contributed by atoms with Crippen molar-refractivity contribution in [2.45, 2.75) is 23.5 Å². The summed E-state index contributed by atoms with van der Waals surface area (Å²) in [5.74, 6) is -2.16. The summed E-state index contributed by atoms with van der Waals surface area (Å²) in [6.07, 6.45) is -4.73. The first kappa shape index (κ1) is 24.0. The average molecular weight is 497 g/mol. The highest BCUT2D eigenvalue weighted by atomic mass is 35.5. The van der Waals surface area contributed by atoms with Gasteiger partial charge in [0.25, 0.3) is 9.84 Å². The second kappa shape index (κ2) is 7.74. The Morgan fingerprint density at radius 2 is 1.67 bits per heavy atom. The van der Waals surface area contributed by atoms with E-state index in [0.717, 1.165) is 6.92 Å². The van der Waals surface area contributed by atoms with Crippen LogP contribution in [0.25, 0.3) is 5.69 Å². The van der Waals surface area contributed by atoms with E-state index in [1.165, 1.54) is 0 Å². The highest BCUT2D eigenvalue weighted by Gasteiger charge is 2.51. The first-order valence-electron chi connectivity index (χ1n) is 7.31. The molecule has 1 aromatic heterocycles. The van der Waals surface area contributed by atoms with Crippen molar-refractivity contribution in [1.82, 2.24) is 9.78 Å². The Balaban J connectivity index is 2.96. The quantitative estimate of drug-likeness (QED) is 0.481. The van der Waals surface area contributed by atoms with Crippen LogP contribution in [0, 0.1) is 5.41 Å². The molecule has 0 aliphatic carbocycles. The molecule has 0 radical (unpaired) electrons. The van der Waals surface area contributed by atoms with Crippen molar-refractivity contribution >= 4 is 51.0 Å². The molecule has 1 heterocycles. The molecule has 0 saturated heterocycles. The van der Waals surface area contributed by atoms with Gasteiger partial charge in [0.1, 0.15) is 16.3 Å². The Bertz CT molecular complexity index is 1120. The maximum atomic E-state index is 13.1. The summed E-state index contributed by atoms with van der Waals surface area (Å²) in [5.41, 5.74) is -8.87. The molecule has 2 aromatic rings. The Morgan fingerprint density at radius 1 is 1.17 bits per heavy atom. The van der Waals surface area contributed by atoms with E-state index in [2.05, 4.69) is 5.10 Å². The van der Waals surface area contributed by atoms with Crippen LogP contribution in [0.5, 0.6) is 0 Å². The van der Waals surface area contributed by atoms with Gasteiger partial charge in [0, 0.05) is 13.1 Å². The molecule has 0 saturated carbocycles. The fraction of sp³-hybridized carbons (Fsp3) is 0.214. The summed E-state index contributed by atoms with van der Waals surface area (Å²) < 4.78 is 102. The third-order valence-electron chi connectivity index (χ3n) is 3.43. The van der Waals surface area contributed by atoms with Gasteiger partial charge in [-0.1, -0.05) is 23.2 Å². The van der Waals surface area contributed by atoms with Crippen LogP contribution in [0.4, 0.5) is 32.2 Å². The van der Waals surface area contributed by atoms with Crippen LogP contribution in [-0.4, -0.2) is 35.8 Å². The Kier molecular flexibility index (Phi) is 6.18. The molecule has 7 nitrogen and oxygen atoms in total. The molecule has 16 heteroatoms. The van der Waals surface area contributed by atoms with Crippen molar-refractivity contribution < 1.29 is 39.6 Å². The van der Waals surface area contributed by atoms with Gasteiger partial charge >= 0.3 is 11.7 Å².